The Kier molecular flexibility index (Phi) is 8.99. The fourth-order valence-corrected chi connectivity index (χ4v) is 4.04. The summed E-state index contributed by atoms with van der Waals surface area (Å²) in [7, 11) is 3.53. The number of benzene rings is 3. The van der Waals surface area contributed by atoms with Crippen LogP contribution in [0, 0.1) is 0 Å². The molecule has 0 aromatic heterocycles. The highest BCUT2D eigenvalue weighted by atomic mass is 16.5. The monoisotopic (exact) mass is 433 g/mol. The molecule has 0 unspecified atom stereocenters. The van der Waals surface area contributed by atoms with E-state index < -0.39 is 5.97 Å². The van der Waals surface area contributed by atoms with Crippen molar-refractivity contribution in [2.24, 2.45) is 0 Å². The van der Waals surface area contributed by atoms with Crippen molar-refractivity contribution < 1.29 is 19.4 Å². The Labute approximate surface area is 190 Å². The van der Waals surface area contributed by atoms with Crippen LogP contribution >= 0.6 is 0 Å². The lowest BCUT2D eigenvalue weighted by Crippen LogP contribution is -2.43. The van der Waals surface area contributed by atoms with Crippen LogP contribution in [-0.4, -0.2) is 49.3 Å². The molecule has 0 aliphatic carbocycles. The molecule has 0 spiro atoms. The average Bonchev–Trinajstić information content (AvgIpc) is 2.80. The number of hydrogen-bond donors (Lipinski definition) is 1. The molecule has 5 nitrogen and oxygen atoms in total. The molecule has 32 heavy (non-hydrogen) atoms. The summed E-state index contributed by atoms with van der Waals surface area (Å²) < 4.78 is 11.4. The van der Waals surface area contributed by atoms with Crippen molar-refractivity contribution in [2.45, 2.75) is 25.2 Å². The van der Waals surface area contributed by atoms with Crippen molar-refractivity contribution in [3.8, 4) is 0 Å². The van der Waals surface area contributed by atoms with Gasteiger partial charge >= 0.3 is 5.97 Å². The summed E-state index contributed by atoms with van der Waals surface area (Å²) in [4.78, 5) is 13.4. The topological polar surface area (TPSA) is 59.0 Å². The van der Waals surface area contributed by atoms with E-state index in [1.807, 2.05) is 66.5 Å². The summed E-state index contributed by atoms with van der Waals surface area (Å²) in [5, 5.41) is 9.45. The smallest absolute Gasteiger partial charge is 0.317 e. The highest BCUT2D eigenvalue weighted by molar-refractivity contribution is 5.69. The lowest BCUT2D eigenvalue weighted by Gasteiger charge is -2.34. The van der Waals surface area contributed by atoms with Crippen molar-refractivity contribution in [3.63, 3.8) is 0 Å². The van der Waals surface area contributed by atoms with Gasteiger partial charge in [-0.1, -0.05) is 84.9 Å². The molecule has 1 atom stereocenters. The Morgan fingerprint density at radius 2 is 1.44 bits per heavy atom. The largest absolute Gasteiger partial charge is 0.480 e. The van der Waals surface area contributed by atoms with Crippen LogP contribution in [0.4, 0.5) is 0 Å². The first kappa shape index (κ1) is 23.7. The molecule has 3 rings (SSSR count). The number of carbonyl (C=O) groups is 1. The Morgan fingerprint density at radius 3 is 1.97 bits per heavy atom. The van der Waals surface area contributed by atoms with E-state index in [-0.39, 0.29) is 18.5 Å². The van der Waals surface area contributed by atoms with Gasteiger partial charge in [0.25, 0.3) is 0 Å². The molecule has 168 valence electrons. The molecule has 0 amide bonds. The molecular formula is C27H31NO4. The molecule has 1 N–H and O–H groups in total. The van der Waals surface area contributed by atoms with Crippen molar-refractivity contribution in [1.29, 1.82) is 0 Å². The van der Waals surface area contributed by atoms with Gasteiger partial charge in [0.1, 0.15) is 0 Å². The fraction of sp³-hybridized carbons (Fsp3) is 0.296. The Hall–Kier alpha value is -2.99. The zero-order valence-electron chi connectivity index (χ0n) is 18.7. The van der Waals surface area contributed by atoms with E-state index in [0.717, 1.165) is 22.3 Å². The Morgan fingerprint density at radius 1 is 0.875 bits per heavy atom. The van der Waals surface area contributed by atoms with Gasteiger partial charge in [-0.05, 0) is 29.3 Å². The first-order valence-electron chi connectivity index (χ1n) is 10.7. The highest BCUT2D eigenvalue weighted by Crippen LogP contribution is 2.31. The fourth-order valence-electron chi connectivity index (χ4n) is 4.04. The zero-order valence-corrected chi connectivity index (χ0v) is 18.7. The number of carboxylic acid groups (broad SMARTS) is 1. The van der Waals surface area contributed by atoms with Gasteiger partial charge in [-0.15, -0.1) is 0 Å². The molecule has 0 saturated heterocycles. The lowest BCUT2D eigenvalue weighted by molar-refractivity contribution is -0.138. The quantitative estimate of drug-likeness (QED) is 0.454. The van der Waals surface area contributed by atoms with Gasteiger partial charge in [-0.25, -0.2) is 0 Å². The summed E-state index contributed by atoms with van der Waals surface area (Å²) >= 11 is 0. The highest BCUT2D eigenvalue weighted by Gasteiger charge is 2.29. The molecular weight excluding hydrogens is 402 g/mol. The van der Waals surface area contributed by atoms with Crippen molar-refractivity contribution in [2.75, 3.05) is 27.3 Å². The van der Waals surface area contributed by atoms with Gasteiger partial charge in [-0.2, -0.15) is 0 Å². The molecule has 0 aliphatic rings. The molecule has 0 heterocycles. The van der Waals surface area contributed by atoms with E-state index in [1.165, 1.54) is 0 Å². The first-order chi connectivity index (χ1) is 15.6. The molecule has 0 aliphatic heterocycles. The maximum absolute atomic E-state index is 11.5. The second kappa shape index (κ2) is 12.2. The van der Waals surface area contributed by atoms with Crippen LogP contribution < -0.4 is 0 Å². The van der Waals surface area contributed by atoms with Gasteiger partial charge < -0.3 is 14.6 Å². The van der Waals surface area contributed by atoms with E-state index in [1.54, 1.807) is 7.11 Å². The lowest BCUT2D eigenvalue weighted by atomic mass is 9.84. The van der Waals surface area contributed by atoms with Gasteiger partial charge in [0, 0.05) is 19.1 Å². The van der Waals surface area contributed by atoms with Gasteiger partial charge in [0.2, 0.25) is 0 Å². The number of nitrogens with zero attached hydrogens (tertiary/aromatic N) is 1. The van der Waals surface area contributed by atoms with Crippen LogP contribution in [0.3, 0.4) is 0 Å². The summed E-state index contributed by atoms with van der Waals surface area (Å²) in [6.07, 6.45) is 0. The predicted molar refractivity (Wildman–Crippen MR) is 126 cm³/mol. The maximum atomic E-state index is 11.5. The van der Waals surface area contributed by atoms with Gasteiger partial charge in [0.05, 0.1) is 26.4 Å². The summed E-state index contributed by atoms with van der Waals surface area (Å²) in [5.74, 6) is -0.883. The minimum Gasteiger partial charge on any atom is -0.480 e. The number of methoxy groups -OCH3 is 1. The summed E-state index contributed by atoms with van der Waals surface area (Å²) in [6.45, 7) is 1.34. The van der Waals surface area contributed by atoms with Crippen LogP contribution in [-0.2, 0) is 27.5 Å². The molecule has 5 heteroatoms. The second-order valence-electron chi connectivity index (χ2n) is 7.94. The van der Waals surface area contributed by atoms with E-state index in [9.17, 15) is 9.90 Å². The van der Waals surface area contributed by atoms with E-state index in [2.05, 4.69) is 30.3 Å². The van der Waals surface area contributed by atoms with Crippen LogP contribution in [0.1, 0.15) is 28.2 Å². The van der Waals surface area contributed by atoms with Crippen LogP contribution in [0.25, 0.3) is 0 Å². The first-order valence-corrected chi connectivity index (χ1v) is 10.7. The summed E-state index contributed by atoms with van der Waals surface area (Å²) in [6, 6.07) is 28.4. The number of hydrogen-bond acceptors (Lipinski definition) is 4. The maximum Gasteiger partial charge on any atom is 0.317 e. The average molecular weight is 434 g/mol. The van der Waals surface area contributed by atoms with Crippen molar-refractivity contribution in [3.05, 3.63) is 107 Å². The minimum absolute atomic E-state index is 0.0263. The van der Waals surface area contributed by atoms with Gasteiger partial charge in [-0.3, -0.25) is 9.69 Å². The van der Waals surface area contributed by atoms with Crippen LogP contribution in [0.2, 0.25) is 0 Å². The SMILES string of the molecule is COCc1cccc(COC[C@H](C(c2ccccc2)c2ccccc2)N(C)CC(=O)O)c1. The molecule has 3 aromatic rings. The van der Waals surface area contributed by atoms with Crippen LogP contribution in [0.15, 0.2) is 84.9 Å². The number of rotatable bonds is 12. The normalized spacial score (nSPS) is 12.2. The van der Waals surface area contributed by atoms with E-state index in [0.29, 0.717) is 19.8 Å². The number of ether oxygens (including phenoxy) is 2. The molecule has 0 saturated carbocycles. The summed E-state index contributed by atoms with van der Waals surface area (Å²) in [5.41, 5.74) is 4.42. The van der Waals surface area contributed by atoms with E-state index >= 15 is 0 Å². The third kappa shape index (κ3) is 6.76. The minimum atomic E-state index is -0.857. The second-order valence-corrected chi connectivity index (χ2v) is 7.94. The van der Waals surface area contributed by atoms with E-state index in [4.69, 9.17) is 9.47 Å². The third-order valence-corrected chi connectivity index (χ3v) is 5.51. The van der Waals surface area contributed by atoms with Crippen molar-refractivity contribution in [1.82, 2.24) is 4.90 Å². The van der Waals surface area contributed by atoms with Crippen LogP contribution in [0.5, 0.6) is 0 Å². The third-order valence-electron chi connectivity index (χ3n) is 5.51. The Bertz CT molecular complexity index is 922. The number of aliphatic carboxylic acids is 1. The zero-order chi connectivity index (χ0) is 22.8. The number of carboxylic acids is 1. The molecule has 0 fully saturated rings. The molecule has 3 aromatic carbocycles. The van der Waals surface area contributed by atoms with Gasteiger partial charge in [0.15, 0.2) is 0 Å². The molecule has 0 bridgehead atoms. The molecule has 0 radical (unpaired) electrons. The van der Waals surface area contributed by atoms with Crippen molar-refractivity contribution >= 4 is 5.97 Å². The standard InChI is InChI=1S/C27H31NO4/c1-28(17-26(29)30)25(20-32-19-22-11-9-10-21(16-22)18-31-2)27(23-12-5-3-6-13-23)24-14-7-4-8-15-24/h3-16,25,27H,17-20H2,1-2H3,(H,29,30)/t25-/m1/s1. The predicted octanol–water partition coefficient (Wildman–Crippen LogP) is 4.57. The number of likely N-dealkylation sites (N-methyl/N-ethyl adjacent to an activating group) is 1. The Balaban J connectivity index is 1.84.